The summed E-state index contributed by atoms with van der Waals surface area (Å²) >= 11 is 1.16. The highest BCUT2D eigenvalue weighted by molar-refractivity contribution is 7.99. The molecule has 1 aliphatic heterocycles. The maximum atomic E-state index is 13.1. The number of nitrogens with one attached hydrogen (secondary N) is 1. The van der Waals surface area contributed by atoms with Crippen molar-refractivity contribution in [3.8, 4) is 11.5 Å². The fraction of sp³-hybridized carbons (Fsp3) is 0.238. The van der Waals surface area contributed by atoms with Gasteiger partial charge in [0.1, 0.15) is 5.54 Å². The topological polar surface area (TPSA) is 88.3 Å². The molecule has 1 N–H and O–H groups in total. The molecule has 2 heterocycles. The Morgan fingerprint density at radius 2 is 1.86 bits per heavy atom. The van der Waals surface area contributed by atoms with Crippen molar-refractivity contribution in [3.63, 3.8) is 0 Å². The molecule has 29 heavy (non-hydrogen) atoms. The van der Waals surface area contributed by atoms with Crippen LogP contribution in [0.1, 0.15) is 19.4 Å². The van der Waals surface area contributed by atoms with E-state index in [0.29, 0.717) is 22.5 Å². The summed E-state index contributed by atoms with van der Waals surface area (Å²) in [6.45, 7) is 5.42. The lowest BCUT2D eigenvalue weighted by Crippen LogP contribution is -2.58. The van der Waals surface area contributed by atoms with E-state index in [1.807, 2.05) is 49.4 Å². The van der Waals surface area contributed by atoms with Crippen LogP contribution in [0.25, 0.3) is 11.5 Å². The van der Waals surface area contributed by atoms with Crippen molar-refractivity contribution in [1.29, 1.82) is 0 Å². The van der Waals surface area contributed by atoms with E-state index in [4.69, 9.17) is 4.42 Å². The molecule has 4 rings (SSSR count). The maximum absolute atomic E-state index is 13.1. The van der Waals surface area contributed by atoms with E-state index in [1.165, 1.54) is 4.90 Å². The number of hydrogen-bond acceptors (Lipinski definition) is 6. The van der Waals surface area contributed by atoms with E-state index in [1.54, 1.807) is 19.9 Å². The summed E-state index contributed by atoms with van der Waals surface area (Å²) in [5.41, 5.74) is 2.18. The third-order valence-corrected chi connectivity index (χ3v) is 5.66. The third-order valence-electron chi connectivity index (χ3n) is 4.86. The zero-order chi connectivity index (χ0) is 20.6. The number of thioether (sulfide) groups is 1. The third kappa shape index (κ3) is 3.51. The smallest absolute Gasteiger partial charge is 0.277 e. The molecule has 8 heteroatoms. The second-order valence-electron chi connectivity index (χ2n) is 7.24. The van der Waals surface area contributed by atoms with Gasteiger partial charge < -0.3 is 9.73 Å². The van der Waals surface area contributed by atoms with E-state index in [9.17, 15) is 9.59 Å². The lowest BCUT2D eigenvalue weighted by Gasteiger charge is -2.42. The Hall–Kier alpha value is -3.13. The van der Waals surface area contributed by atoms with Gasteiger partial charge in [0.05, 0.1) is 17.1 Å². The van der Waals surface area contributed by atoms with Crippen LogP contribution in [0.2, 0.25) is 0 Å². The summed E-state index contributed by atoms with van der Waals surface area (Å²) in [5, 5.41) is 11.3. The zero-order valence-corrected chi connectivity index (χ0v) is 17.1. The monoisotopic (exact) mass is 408 g/mol. The predicted octanol–water partition coefficient (Wildman–Crippen LogP) is 3.90. The van der Waals surface area contributed by atoms with Gasteiger partial charge in [0.15, 0.2) is 0 Å². The van der Waals surface area contributed by atoms with E-state index < -0.39 is 5.54 Å². The Kier molecular flexibility index (Phi) is 4.87. The first kappa shape index (κ1) is 19.2. The average Bonchev–Trinajstić information content (AvgIpc) is 3.16. The normalized spacial score (nSPS) is 15.0. The van der Waals surface area contributed by atoms with Crippen LogP contribution in [0.4, 0.5) is 11.4 Å². The highest BCUT2D eigenvalue weighted by Gasteiger charge is 2.43. The molecular formula is C21H20N4O3S. The second kappa shape index (κ2) is 7.36. The first-order chi connectivity index (χ1) is 13.9. The number of aryl methyl sites for hydroxylation is 1. The molecule has 0 atom stereocenters. The SMILES string of the molecule is Cc1ccccc1-c1nnc(SCC(=O)N2c3ccccc3NC(=O)C2(C)C)o1. The molecule has 0 saturated heterocycles. The van der Waals surface area contributed by atoms with Gasteiger partial charge in [0.2, 0.25) is 17.7 Å². The number of hydrogen-bond donors (Lipinski definition) is 1. The van der Waals surface area contributed by atoms with Gasteiger partial charge in [-0.2, -0.15) is 0 Å². The fourth-order valence-electron chi connectivity index (χ4n) is 3.28. The quantitative estimate of drug-likeness (QED) is 0.659. The van der Waals surface area contributed by atoms with Crippen LogP contribution in [0.3, 0.4) is 0 Å². The first-order valence-electron chi connectivity index (χ1n) is 9.14. The van der Waals surface area contributed by atoms with Crippen LogP contribution in [0.5, 0.6) is 0 Å². The van der Waals surface area contributed by atoms with Crippen LogP contribution in [-0.4, -0.2) is 33.3 Å². The van der Waals surface area contributed by atoms with Crippen LogP contribution in [-0.2, 0) is 9.59 Å². The Balaban J connectivity index is 1.53. The highest BCUT2D eigenvalue weighted by Crippen LogP contribution is 2.37. The summed E-state index contributed by atoms with van der Waals surface area (Å²) in [7, 11) is 0. The lowest BCUT2D eigenvalue weighted by molar-refractivity contribution is -0.125. The van der Waals surface area contributed by atoms with E-state index in [-0.39, 0.29) is 17.6 Å². The Morgan fingerprint density at radius 3 is 2.66 bits per heavy atom. The number of carbonyl (C=O) groups excluding carboxylic acids is 2. The van der Waals surface area contributed by atoms with Gasteiger partial charge >= 0.3 is 0 Å². The molecule has 0 fully saturated rings. The Labute approximate surface area is 172 Å². The predicted molar refractivity (Wildman–Crippen MR) is 112 cm³/mol. The summed E-state index contributed by atoms with van der Waals surface area (Å²) in [4.78, 5) is 27.1. The number of aromatic nitrogens is 2. The number of amides is 2. The van der Waals surface area contributed by atoms with E-state index in [0.717, 1.165) is 22.9 Å². The number of fused-ring (bicyclic) bond motifs is 1. The number of benzene rings is 2. The molecular weight excluding hydrogens is 388 g/mol. The summed E-state index contributed by atoms with van der Waals surface area (Å²) < 4.78 is 5.72. The summed E-state index contributed by atoms with van der Waals surface area (Å²) in [6.07, 6.45) is 0. The molecule has 148 valence electrons. The van der Waals surface area contributed by atoms with Gasteiger partial charge in [-0.3, -0.25) is 14.5 Å². The number of nitrogens with zero attached hydrogens (tertiary/aromatic N) is 3. The number of anilines is 2. The largest absolute Gasteiger partial charge is 0.411 e. The van der Waals surface area contributed by atoms with Gasteiger partial charge in [-0.15, -0.1) is 10.2 Å². The molecule has 1 aromatic heterocycles. The lowest BCUT2D eigenvalue weighted by atomic mass is 9.96. The van der Waals surface area contributed by atoms with Crippen molar-refractivity contribution in [1.82, 2.24) is 10.2 Å². The molecule has 3 aromatic rings. The molecule has 0 radical (unpaired) electrons. The van der Waals surface area contributed by atoms with Crippen LogP contribution >= 0.6 is 11.8 Å². The summed E-state index contributed by atoms with van der Waals surface area (Å²) in [5.74, 6) is 0.0497. The van der Waals surface area contributed by atoms with Crippen LogP contribution in [0.15, 0.2) is 58.2 Å². The molecule has 0 spiro atoms. The van der Waals surface area contributed by atoms with Crippen LogP contribution < -0.4 is 10.2 Å². The Morgan fingerprint density at radius 1 is 1.14 bits per heavy atom. The second-order valence-corrected chi connectivity index (χ2v) is 8.16. The van der Waals surface area contributed by atoms with Crippen molar-refractivity contribution >= 4 is 35.0 Å². The minimum Gasteiger partial charge on any atom is -0.411 e. The maximum Gasteiger partial charge on any atom is 0.277 e. The van der Waals surface area contributed by atoms with Gasteiger partial charge in [-0.1, -0.05) is 42.1 Å². The molecule has 0 bridgehead atoms. The van der Waals surface area contributed by atoms with Crippen molar-refractivity contribution in [2.24, 2.45) is 0 Å². The molecule has 2 amide bonds. The average molecular weight is 408 g/mol. The fourth-order valence-corrected chi connectivity index (χ4v) is 3.89. The van der Waals surface area contributed by atoms with E-state index in [2.05, 4.69) is 15.5 Å². The van der Waals surface area contributed by atoms with Gasteiger partial charge in [0, 0.05) is 5.56 Å². The zero-order valence-electron chi connectivity index (χ0n) is 16.3. The molecule has 2 aromatic carbocycles. The Bertz CT molecular complexity index is 1090. The van der Waals surface area contributed by atoms with Gasteiger partial charge in [0.25, 0.3) is 5.22 Å². The minimum absolute atomic E-state index is 0.0699. The standard InChI is InChI=1S/C21H20N4O3S/c1-13-8-4-5-9-14(13)18-23-24-20(28-18)29-12-17(26)25-16-11-7-6-10-15(16)22-19(27)21(25,2)3/h4-11H,12H2,1-3H3,(H,22,27). The van der Waals surface area contributed by atoms with Crippen molar-refractivity contribution in [2.75, 3.05) is 16.0 Å². The molecule has 0 saturated carbocycles. The van der Waals surface area contributed by atoms with Crippen molar-refractivity contribution < 1.29 is 14.0 Å². The van der Waals surface area contributed by atoms with Crippen molar-refractivity contribution in [3.05, 3.63) is 54.1 Å². The van der Waals surface area contributed by atoms with E-state index >= 15 is 0 Å². The number of rotatable bonds is 4. The first-order valence-corrected chi connectivity index (χ1v) is 10.1. The molecule has 0 aliphatic carbocycles. The molecule has 1 aliphatic rings. The molecule has 0 unspecified atom stereocenters. The van der Waals surface area contributed by atoms with Crippen molar-refractivity contribution in [2.45, 2.75) is 31.5 Å². The van der Waals surface area contributed by atoms with Gasteiger partial charge in [-0.05, 0) is 44.5 Å². The summed E-state index contributed by atoms with van der Waals surface area (Å²) in [6, 6.07) is 15.0. The number of carbonyl (C=O) groups is 2. The minimum atomic E-state index is -1.01. The molecule has 7 nitrogen and oxygen atoms in total. The van der Waals surface area contributed by atoms with Crippen LogP contribution in [0, 0.1) is 6.92 Å². The van der Waals surface area contributed by atoms with Gasteiger partial charge in [-0.25, -0.2) is 0 Å². The highest BCUT2D eigenvalue weighted by atomic mass is 32.2. The number of para-hydroxylation sites is 2.